The van der Waals surface area contributed by atoms with Crippen molar-refractivity contribution < 1.29 is 19.1 Å². The Morgan fingerprint density at radius 1 is 1.04 bits per heavy atom. The van der Waals surface area contributed by atoms with Crippen molar-refractivity contribution in [2.24, 2.45) is 0 Å². The Bertz CT molecular complexity index is 778. The molecule has 0 spiro atoms. The molecule has 1 aromatic carbocycles. The number of carbonyl (C=O) groups excluding carboxylic acids is 2. The van der Waals surface area contributed by atoms with Gasteiger partial charge in [0.1, 0.15) is 13.1 Å². The fraction of sp³-hybridized carbons (Fsp3) is 0.526. The van der Waals surface area contributed by atoms with Gasteiger partial charge in [-0.15, -0.1) is 0 Å². The molecule has 0 aliphatic rings. The van der Waals surface area contributed by atoms with Crippen LogP contribution < -0.4 is 4.90 Å². The fourth-order valence-electron chi connectivity index (χ4n) is 3.01. The molecule has 0 aliphatic carbocycles. The molecule has 0 saturated carbocycles. The van der Waals surface area contributed by atoms with Crippen LogP contribution in [-0.2, 0) is 25.6 Å². The molecule has 0 fully saturated rings. The average molecular weight is 361 g/mol. The predicted molar refractivity (Wildman–Crippen MR) is 100 cm³/mol. The van der Waals surface area contributed by atoms with Crippen LogP contribution in [0.2, 0.25) is 0 Å². The number of benzene rings is 1. The number of anilines is 1. The maximum atomic E-state index is 12.0. The summed E-state index contributed by atoms with van der Waals surface area (Å²) in [6.07, 6.45) is 0. The van der Waals surface area contributed by atoms with Crippen LogP contribution in [0, 0.1) is 13.8 Å². The Kier molecular flexibility index (Phi) is 6.60. The molecule has 0 N–H and O–H groups in total. The quantitative estimate of drug-likeness (QED) is 0.673. The van der Waals surface area contributed by atoms with Gasteiger partial charge in [-0.3, -0.25) is 14.3 Å². The second-order valence-corrected chi connectivity index (χ2v) is 6.02. The van der Waals surface area contributed by atoms with E-state index in [1.165, 1.54) is 0 Å². The zero-order chi connectivity index (χ0) is 19.3. The molecular formula is C19H27N3O4. The summed E-state index contributed by atoms with van der Waals surface area (Å²) in [5, 5.41) is 5.62. The Balaban J connectivity index is 2.45. The highest BCUT2D eigenvalue weighted by atomic mass is 16.5. The van der Waals surface area contributed by atoms with Gasteiger partial charge < -0.3 is 14.4 Å². The third-order valence-corrected chi connectivity index (χ3v) is 4.14. The number of aryl methyl sites for hydroxylation is 3. The first-order chi connectivity index (χ1) is 12.4. The first kappa shape index (κ1) is 19.8. The van der Waals surface area contributed by atoms with Crippen molar-refractivity contribution in [1.29, 1.82) is 0 Å². The Hall–Kier alpha value is -2.57. The van der Waals surface area contributed by atoms with Crippen LogP contribution in [0.3, 0.4) is 0 Å². The second-order valence-electron chi connectivity index (χ2n) is 6.02. The summed E-state index contributed by atoms with van der Waals surface area (Å²) in [6.45, 7) is 10.8. The summed E-state index contributed by atoms with van der Waals surface area (Å²) in [5.74, 6) is -0.757. The lowest BCUT2D eigenvalue weighted by molar-refractivity contribution is -0.142. The van der Waals surface area contributed by atoms with E-state index in [0.29, 0.717) is 13.2 Å². The molecule has 0 unspecified atom stereocenters. The summed E-state index contributed by atoms with van der Waals surface area (Å²) >= 11 is 0. The van der Waals surface area contributed by atoms with E-state index in [1.54, 1.807) is 18.7 Å². The van der Waals surface area contributed by atoms with E-state index in [-0.39, 0.29) is 25.0 Å². The van der Waals surface area contributed by atoms with Gasteiger partial charge in [0.05, 0.1) is 24.4 Å². The average Bonchev–Trinajstić information content (AvgIpc) is 2.89. The minimum absolute atomic E-state index is 0.0156. The van der Waals surface area contributed by atoms with E-state index in [9.17, 15) is 9.59 Å². The van der Waals surface area contributed by atoms with E-state index < -0.39 is 0 Å². The fourth-order valence-corrected chi connectivity index (χ4v) is 3.01. The number of nitrogens with zero attached hydrogens (tertiary/aromatic N) is 3. The number of hydrogen-bond donors (Lipinski definition) is 0. The molecule has 0 bridgehead atoms. The van der Waals surface area contributed by atoms with Crippen molar-refractivity contribution >= 4 is 28.5 Å². The first-order valence-corrected chi connectivity index (χ1v) is 8.95. The summed E-state index contributed by atoms with van der Waals surface area (Å²) in [7, 11) is 0. The van der Waals surface area contributed by atoms with Crippen molar-refractivity contribution in [3.8, 4) is 0 Å². The van der Waals surface area contributed by atoms with Crippen molar-refractivity contribution in [3.05, 3.63) is 23.4 Å². The normalized spacial score (nSPS) is 10.8. The molecule has 0 atom stereocenters. The van der Waals surface area contributed by atoms with Gasteiger partial charge >= 0.3 is 11.9 Å². The third kappa shape index (κ3) is 4.33. The molecule has 142 valence electrons. The van der Waals surface area contributed by atoms with Gasteiger partial charge in [-0.05, 0) is 52.3 Å². The smallest absolute Gasteiger partial charge is 0.325 e. The molecule has 0 radical (unpaired) electrons. The second kappa shape index (κ2) is 8.69. The molecular weight excluding hydrogens is 334 g/mol. The Morgan fingerprint density at radius 2 is 1.62 bits per heavy atom. The van der Waals surface area contributed by atoms with Crippen molar-refractivity contribution in [2.45, 2.75) is 41.2 Å². The van der Waals surface area contributed by atoms with Gasteiger partial charge in [-0.25, -0.2) is 0 Å². The summed E-state index contributed by atoms with van der Waals surface area (Å²) in [6, 6.07) is 4.02. The highest BCUT2D eigenvalue weighted by molar-refractivity contribution is 5.89. The van der Waals surface area contributed by atoms with Crippen LogP contribution in [0.15, 0.2) is 12.1 Å². The number of hydrogen-bond acceptors (Lipinski definition) is 6. The lowest BCUT2D eigenvalue weighted by atomic mass is 10.1. The van der Waals surface area contributed by atoms with Crippen molar-refractivity contribution in [1.82, 2.24) is 9.78 Å². The topological polar surface area (TPSA) is 73.7 Å². The number of fused-ring (bicyclic) bond motifs is 1. The monoisotopic (exact) mass is 361 g/mol. The van der Waals surface area contributed by atoms with Gasteiger partial charge in [0.2, 0.25) is 0 Å². The zero-order valence-electron chi connectivity index (χ0n) is 16.2. The van der Waals surface area contributed by atoms with E-state index >= 15 is 0 Å². The maximum absolute atomic E-state index is 12.0. The highest BCUT2D eigenvalue weighted by Gasteiger charge is 2.20. The van der Waals surface area contributed by atoms with Gasteiger partial charge in [0.15, 0.2) is 0 Å². The van der Waals surface area contributed by atoms with Crippen LogP contribution >= 0.6 is 0 Å². The molecule has 7 nitrogen and oxygen atoms in total. The highest BCUT2D eigenvalue weighted by Crippen LogP contribution is 2.28. The molecule has 1 aromatic heterocycles. The molecule has 7 heteroatoms. The molecule has 0 amide bonds. The number of aromatic nitrogens is 2. The van der Waals surface area contributed by atoms with Crippen LogP contribution in [0.5, 0.6) is 0 Å². The molecule has 2 aromatic rings. The first-order valence-electron chi connectivity index (χ1n) is 8.95. The SMILES string of the molecule is CCOC(=O)CN(CC(=O)OCC)c1cc2c(cc1C)c(C)nn2CC. The predicted octanol–water partition coefficient (Wildman–Crippen LogP) is 2.61. The van der Waals surface area contributed by atoms with Gasteiger partial charge in [-0.2, -0.15) is 5.10 Å². The summed E-state index contributed by atoms with van der Waals surface area (Å²) < 4.78 is 12.0. The lowest BCUT2D eigenvalue weighted by Crippen LogP contribution is -2.36. The maximum Gasteiger partial charge on any atom is 0.325 e. The standard InChI is InChI=1S/C19H27N3O4/c1-6-22-17-10-16(13(4)9-15(17)14(5)20-22)21(11-18(23)25-7-2)12-19(24)26-8-3/h9-10H,6-8,11-12H2,1-5H3. The van der Waals surface area contributed by atoms with E-state index in [4.69, 9.17) is 9.47 Å². The van der Waals surface area contributed by atoms with Crippen LogP contribution in [-0.4, -0.2) is 48.0 Å². The van der Waals surface area contributed by atoms with Crippen LogP contribution in [0.25, 0.3) is 10.9 Å². The molecule has 1 heterocycles. The van der Waals surface area contributed by atoms with E-state index in [1.807, 2.05) is 37.6 Å². The lowest BCUT2D eigenvalue weighted by Gasteiger charge is -2.24. The number of esters is 2. The van der Waals surface area contributed by atoms with Crippen LogP contribution in [0.1, 0.15) is 32.0 Å². The summed E-state index contributed by atoms with van der Waals surface area (Å²) in [5.41, 5.74) is 3.69. The number of rotatable bonds is 8. The Labute approximate surface area is 153 Å². The largest absolute Gasteiger partial charge is 0.465 e. The summed E-state index contributed by atoms with van der Waals surface area (Å²) in [4.78, 5) is 25.8. The molecule has 2 rings (SSSR count). The van der Waals surface area contributed by atoms with Crippen LogP contribution in [0.4, 0.5) is 5.69 Å². The molecule has 0 saturated heterocycles. The van der Waals surface area contributed by atoms with Gasteiger partial charge in [0.25, 0.3) is 0 Å². The third-order valence-electron chi connectivity index (χ3n) is 4.14. The van der Waals surface area contributed by atoms with E-state index in [0.717, 1.165) is 34.4 Å². The minimum Gasteiger partial charge on any atom is -0.465 e. The zero-order valence-corrected chi connectivity index (χ0v) is 16.2. The van der Waals surface area contributed by atoms with Crippen molar-refractivity contribution in [2.75, 3.05) is 31.2 Å². The van der Waals surface area contributed by atoms with Gasteiger partial charge in [-0.1, -0.05) is 0 Å². The van der Waals surface area contributed by atoms with Gasteiger partial charge in [0, 0.05) is 17.6 Å². The minimum atomic E-state index is -0.378. The Morgan fingerprint density at radius 3 is 2.12 bits per heavy atom. The molecule has 26 heavy (non-hydrogen) atoms. The molecule has 0 aliphatic heterocycles. The van der Waals surface area contributed by atoms with Crippen molar-refractivity contribution in [3.63, 3.8) is 0 Å². The number of ether oxygens (including phenoxy) is 2. The van der Waals surface area contributed by atoms with E-state index in [2.05, 4.69) is 5.10 Å². The number of carbonyl (C=O) groups is 2.